The number of methoxy groups -OCH3 is 1. The highest BCUT2D eigenvalue weighted by Crippen LogP contribution is 2.37. The second kappa shape index (κ2) is 9.73. The SMILES string of the molecule is COC(=O)/C=C/c1c(C(C)C)n(-c2ccc(F)cc2)c2cc3cnn(OC(=O)c4ccccc4)c3cc12. The molecular weight excluding hydrogens is 473 g/mol. The van der Waals surface area contributed by atoms with Crippen LogP contribution in [0.4, 0.5) is 4.39 Å². The van der Waals surface area contributed by atoms with Gasteiger partial charge in [-0.1, -0.05) is 36.9 Å². The summed E-state index contributed by atoms with van der Waals surface area (Å²) >= 11 is 0. The van der Waals surface area contributed by atoms with Crippen LogP contribution in [0.1, 0.15) is 41.4 Å². The molecule has 0 atom stereocenters. The Kier molecular flexibility index (Phi) is 6.31. The van der Waals surface area contributed by atoms with Gasteiger partial charge in [0.1, 0.15) is 11.3 Å². The van der Waals surface area contributed by atoms with Gasteiger partial charge in [-0.05, 0) is 60.5 Å². The normalized spacial score (nSPS) is 11.6. The molecule has 5 aromatic rings. The molecule has 2 aromatic heterocycles. The van der Waals surface area contributed by atoms with Gasteiger partial charge in [-0.3, -0.25) is 0 Å². The monoisotopic (exact) mass is 497 g/mol. The largest absolute Gasteiger partial charge is 0.466 e. The average molecular weight is 498 g/mol. The summed E-state index contributed by atoms with van der Waals surface area (Å²) in [7, 11) is 1.32. The first kappa shape index (κ1) is 24.0. The number of nitrogens with zero attached hydrogens (tertiary/aromatic N) is 3. The summed E-state index contributed by atoms with van der Waals surface area (Å²) in [5.41, 5.74) is 4.31. The summed E-state index contributed by atoms with van der Waals surface area (Å²) < 4.78 is 20.6. The second-order valence-corrected chi connectivity index (χ2v) is 8.81. The zero-order valence-electron chi connectivity index (χ0n) is 20.5. The van der Waals surface area contributed by atoms with Crippen molar-refractivity contribution < 1.29 is 23.6 Å². The van der Waals surface area contributed by atoms with E-state index < -0.39 is 11.9 Å². The van der Waals surface area contributed by atoms with Crippen molar-refractivity contribution in [2.45, 2.75) is 19.8 Å². The van der Waals surface area contributed by atoms with E-state index >= 15 is 0 Å². The van der Waals surface area contributed by atoms with Crippen molar-refractivity contribution >= 4 is 39.8 Å². The molecule has 8 heteroatoms. The van der Waals surface area contributed by atoms with Gasteiger partial charge in [-0.25, -0.2) is 14.0 Å². The number of aromatic nitrogens is 3. The molecular formula is C29H24FN3O4. The molecule has 0 unspecified atom stereocenters. The number of hydrogen-bond donors (Lipinski definition) is 0. The number of halogens is 1. The van der Waals surface area contributed by atoms with E-state index in [0.29, 0.717) is 11.1 Å². The van der Waals surface area contributed by atoms with Gasteiger partial charge in [0.2, 0.25) is 0 Å². The first-order chi connectivity index (χ1) is 17.9. The molecule has 0 N–H and O–H groups in total. The first-order valence-electron chi connectivity index (χ1n) is 11.7. The summed E-state index contributed by atoms with van der Waals surface area (Å²) in [5.74, 6) is -1.31. The molecule has 0 aliphatic rings. The zero-order valence-corrected chi connectivity index (χ0v) is 20.5. The van der Waals surface area contributed by atoms with Crippen molar-refractivity contribution in [2.75, 3.05) is 7.11 Å². The lowest BCUT2D eigenvalue weighted by Crippen LogP contribution is -2.20. The van der Waals surface area contributed by atoms with E-state index in [1.807, 2.05) is 36.6 Å². The Balaban J connectivity index is 1.74. The number of esters is 1. The fraction of sp³-hybridized carbons (Fsp3) is 0.138. The summed E-state index contributed by atoms with van der Waals surface area (Å²) in [5, 5.41) is 5.82. The van der Waals surface area contributed by atoms with Gasteiger partial charge in [-0.2, -0.15) is 0 Å². The van der Waals surface area contributed by atoms with Crippen molar-refractivity contribution in [1.82, 2.24) is 14.5 Å². The smallest absolute Gasteiger partial charge is 0.365 e. The lowest BCUT2D eigenvalue weighted by Gasteiger charge is -2.14. The Morgan fingerprint density at radius 2 is 1.73 bits per heavy atom. The molecule has 0 aliphatic heterocycles. The van der Waals surface area contributed by atoms with Crippen LogP contribution in [0.15, 0.2) is 79.0 Å². The van der Waals surface area contributed by atoms with Gasteiger partial charge < -0.3 is 14.1 Å². The fourth-order valence-electron chi connectivity index (χ4n) is 4.44. The van der Waals surface area contributed by atoms with Crippen LogP contribution in [0.3, 0.4) is 0 Å². The Morgan fingerprint density at radius 1 is 1.00 bits per heavy atom. The highest BCUT2D eigenvalue weighted by Gasteiger charge is 2.22. The molecule has 0 amide bonds. The minimum atomic E-state index is -0.539. The van der Waals surface area contributed by atoms with Crippen LogP contribution in [0.25, 0.3) is 33.6 Å². The average Bonchev–Trinajstić information content (AvgIpc) is 3.45. The number of ether oxygens (including phenoxy) is 1. The van der Waals surface area contributed by atoms with Gasteiger partial charge in [0.25, 0.3) is 0 Å². The standard InChI is InChI=1S/C29H24FN3O4/c1-18(2)28-23(13-14-27(34)36-3)24-16-25-20(15-26(24)32(28)22-11-9-21(30)10-12-22)17-31-33(25)37-29(35)19-7-5-4-6-8-19/h4-18H,1-3H3/b14-13+. The molecule has 2 heterocycles. The van der Waals surface area contributed by atoms with Gasteiger partial charge >= 0.3 is 11.9 Å². The van der Waals surface area contributed by atoms with Crippen LogP contribution < -0.4 is 4.84 Å². The first-order valence-corrected chi connectivity index (χ1v) is 11.7. The van der Waals surface area contributed by atoms with Crippen molar-refractivity contribution in [2.24, 2.45) is 0 Å². The lowest BCUT2D eigenvalue weighted by atomic mass is 10.0. The maximum Gasteiger partial charge on any atom is 0.365 e. The number of benzene rings is 3. The molecule has 0 spiro atoms. The van der Waals surface area contributed by atoms with E-state index in [4.69, 9.17) is 9.57 Å². The number of carbonyl (C=O) groups excluding carboxylic acids is 2. The van der Waals surface area contributed by atoms with Gasteiger partial charge in [0.05, 0.1) is 24.4 Å². The second-order valence-electron chi connectivity index (χ2n) is 8.81. The molecule has 0 aliphatic carbocycles. The van der Waals surface area contributed by atoms with Crippen LogP contribution >= 0.6 is 0 Å². The van der Waals surface area contributed by atoms with E-state index in [0.717, 1.165) is 33.2 Å². The van der Waals surface area contributed by atoms with E-state index in [1.54, 1.807) is 48.7 Å². The van der Waals surface area contributed by atoms with Crippen LogP contribution in [-0.4, -0.2) is 33.6 Å². The van der Waals surface area contributed by atoms with Gasteiger partial charge in [0.15, 0.2) is 0 Å². The quantitative estimate of drug-likeness (QED) is 0.222. The van der Waals surface area contributed by atoms with E-state index in [1.165, 1.54) is 30.2 Å². The number of fused-ring (bicyclic) bond motifs is 2. The number of hydrogen-bond acceptors (Lipinski definition) is 5. The Hall–Kier alpha value is -4.72. The molecule has 7 nitrogen and oxygen atoms in total. The maximum absolute atomic E-state index is 13.7. The van der Waals surface area contributed by atoms with Crippen molar-refractivity contribution in [3.8, 4) is 5.69 Å². The minimum absolute atomic E-state index is 0.0465. The van der Waals surface area contributed by atoms with Crippen molar-refractivity contribution in [1.29, 1.82) is 0 Å². The highest BCUT2D eigenvalue weighted by molar-refractivity contribution is 6.03. The van der Waals surface area contributed by atoms with Crippen molar-refractivity contribution in [3.05, 3.63) is 102 Å². The van der Waals surface area contributed by atoms with E-state index in [-0.39, 0.29) is 11.7 Å². The molecule has 0 radical (unpaired) electrons. The van der Waals surface area contributed by atoms with E-state index in [2.05, 4.69) is 5.10 Å². The van der Waals surface area contributed by atoms with Crippen LogP contribution in [0.2, 0.25) is 0 Å². The predicted molar refractivity (Wildman–Crippen MR) is 139 cm³/mol. The molecule has 186 valence electrons. The summed E-state index contributed by atoms with van der Waals surface area (Å²) in [6.45, 7) is 4.10. The fourth-order valence-corrected chi connectivity index (χ4v) is 4.44. The van der Waals surface area contributed by atoms with Crippen LogP contribution in [0, 0.1) is 5.82 Å². The third-order valence-electron chi connectivity index (χ3n) is 6.10. The van der Waals surface area contributed by atoms with Gasteiger partial charge in [-0.15, -0.1) is 5.10 Å². The topological polar surface area (TPSA) is 75.3 Å². The van der Waals surface area contributed by atoms with E-state index in [9.17, 15) is 14.0 Å². The molecule has 0 bridgehead atoms. The molecule has 0 fully saturated rings. The molecule has 5 rings (SSSR count). The minimum Gasteiger partial charge on any atom is -0.466 e. The Bertz CT molecular complexity index is 1650. The molecule has 0 saturated heterocycles. The summed E-state index contributed by atoms with van der Waals surface area (Å²) in [4.78, 5) is 31.4. The highest BCUT2D eigenvalue weighted by atomic mass is 19.1. The third kappa shape index (κ3) is 4.49. The third-order valence-corrected chi connectivity index (χ3v) is 6.10. The van der Waals surface area contributed by atoms with Crippen LogP contribution in [0.5, 0.6) is 0 Å². The maximum atomic E-state index is 13.7. The van der Waals surface area contributed by atoms with Gasteiger partial charge in [0, 0.05) is 33.8 Å². The summed E-state index contributed by atoms with van der Waals surface area (Å²) in [6.07, 6.45) is 4.70. The molecule has 0 saturated carbocycles. The van der Waals surface area contributed by atoms with Crippen molar-refractivity contribution in [3.63, 3.8) is 0 Å². The zero-order chi connectivity index (χ0) is 26.1. The molecule has 3 aromatic carbocycles. The number of carbonyl (C=O) groups is 2. The predicted octanol–water partition coefficient (Wildman–Crippen LogP) is 5.70. The van der Waals surface area contributed by atoms with Crippen LogP contribution in [-0.2, 0) is 9.53 Å². The summed E-state index contributed by atoms with van der Waals surface area (Å²) in [6, 6.07) is 18.7. The number of rotatable bonds is 6. The lowest BCUT2D eigenvalue weighted by molar-refractivity contribution is -0.134. The Morgan fingerprint density at radius 3 is 2.41 bits per heavy atom. The molecule has 37 heavy (non-hydrogen) atoms. The Labute approximate surface area is 212 Å².